The van der Waals surface area contributed by atoms with E-state index in [1.165, 1.54) is 12.1 Å². The second-order valence-corrected chi connectivity index (χ2v) is 6.86. The zero-order valence-electron chi connectivity index (χ0n) is 9.69. The van der Waals surface area contributed by atoms with Crippen molar-refractivity contribution in [2.75, 3.05) is 6.54 Å². The van der Waals surface area contributed by atoms with Gasteiger partial charge in [0.15, 0.2) is 0 Å². The molecular weight excluding hydrogens is 313 g/mol. The van der Waals surface area contributed by atoms with Crippen LogP contribution in [0.25, 0.3) is 0 Å². The Labute approximate surface area is 120 Å². The fourth-order valence-corrected chi connectivity index (χ4v) is 3.60. The number of sulfonamides is 1. The first kappa shape index (κ1) is 14.6. The van der Waals surface area contributed by atoms with E-state index in [1.54, 1.807) is 0 Å². The fourth-order valence-electron chi connectivity index (χ4n) is 1.56. The lowest BCUT2D eigenvalue weighted by Gasteiger charge is -2.10. The SMILES string of the molecule is O=C(O)c1c(Cl)ccc(S(=O)(=O)NCC2CC2)c1Cl. The van der Waals surface area contributed by atoms with Crippen LogP contribution in [0.2, 0.25) is 10.0 Å². The highest BCUT2D eigenvalue weighted by atomic mass is 35.5. The molecule has 0 heterocycles. The Morgan fingerprint density at radius 2 is 2.00 bits per heavy atom. The Balaban J connectivity index is 2.38. The van der Waals surface area contributed by atoms with E-state index < -0.39 is 21.6 Å². The van der Waals surface area contributed by atoms with Crippen molar-refractivity contribution in [3.05, 3.63) is 27.7 Å². The number of hydrogen-bond donors (Lipinski definition) is 2. The van der Waals surface area contributed by atoms with Crippen LogP contribution in [0.3, 0.4) is 0 Å². The van der Waals surface area contributed by atoms with Crippen molar-refractivity contribution in [2.24, 2.45) is 5.92 Å². The van der Waals surface area contributed by atoms with Crippen LogP contribution in [0, 0.1) is 5.92 Å². The maximum Gasteiger partial charge on any atom is 0.338 e. The van der Waals surface area contributed by atoms with Gasteiger partial charge in [-0.2, -0.15) is 0 Å². The Morgan fingerprint density at radius 3 is 2.53 bits per heavy atom. The zero-order chi connectivity index (χ0) is 14.2. The summed E-state index contributed by atoms with van der Waals surface area (Å²) in [5, 5.41) is 8.51. The minimum atomic E-state index is -3.82. The molecule has 19 heavy (non-hydrogen) atoms. The average Bonchev–Trinajstić information content (AvgIpc) is 3.09. The third-order valence-corrected chi connectivity index (χ3v) is 5.10. The molecule has 1 aliphatic rings. The standard InChI is InChI=1S/C11H11Cl2NO4S/c12-7-3-4-8(10(13)9(7)11(15)16)19(17,18)14-5-6-1-2-6/h3-4,6,14H,1-2,5H2,(H,15,16). The first-order chi connectivity index (χ1) is 8.83. The number of nitrogens with one attached hydrogen (secondary N) is 1. The number of benzene rings is 1. The second-order valence-electron chi connectivity index (χ2n) is 4.33. The summed E-state index contributed by atoms with van der Waals surface area (Å²) in [6.45, 7) is 0.337. The molecule has 0 aromatic heterocycles. The lowest BCUT2D eigenvalue weighted by atomic mass is 10.2. The molecule has 0 amide bonds. The molecule has 0 spiro atoms. The van der Waals surface area contributed by atoms with Crippen LogP contribution in [0.1, 0.15) is 23.2 Å². The van der Waals surface area contributed by atoms with Crippen molar-refractivity contribution >= 4 is 39.2 Å². The molecule has 0 bridgehead atoms. The zero-order valence-corrected chi connectivity index (χ0v) is 12.0. The number of hydrogen-bond acceptors (Lipinski definition) is 3. The lowest BCUT2D eigenvalue weighted by Crippen LogP contribution is -2.26. The number of carboxylic acids is 1. The molecular formula is C11H11Cl2NO4S. The van der Waals surface area contributed by atoms with Gasteiger partial charge in [0.05, 0.1) is 15.6 Å². The molecule has 104 valence electrons. The summed E-state index contributed by atoms with van der Waals surface area (Å²) in [4.78, 5) is 10.7. The van der Waals surface area contributed by atoms with Gasteiger partial charge in [0.1, 0.15) is 4.90 Å². The van der Waals surface area contributed by atoms with Crippen molar-refractivity contribution in [2.45, 2.75) is 17.7 Å². The lowest BCUT2D eigenvalue weighted by molar-refractivity contribution is 0.0697. The van der Waals surface area contributed by atoms with E-state index in [2.05, 4.69) is 4.72 Å². The topological polar surface area (TPSA) is 83.5 Å². The van der Waals surface area contributed by atoms with E-state index in [0.29, 0.717) is 12.5 Å². The van der Waals surface area contributed by atoms with E-state index >= 15 is 0 Å². The normalized spacial score (nSPS) is 15.5. The number of carbonyl (C=O) groups is 1. The van der Waals surface area contributed by atoms with Crippen LogP contribution < -0.4 is 4.72 Å². The average molecular weight is 324 g/mol. The molecule has 0 atom stereocenters. The summed E-state index contributed by atoms with van der Waals surface area (Å²) >= 11 is 11.5. The van der Waals surface area contributed by atoms with E-state index in [4.69, 9.17) is 28.3 Å². The number of halogens is 2. The van der Waals surface area contributed by atoms with Gasteiger partial charge < -0.3 is 5.11 Å². The van der Waals surface area contributed by atoms with E-state index in [9.17, 15) is 13.2 Å². The van der Waals surface area contributed by atoms with Gasteiger partial charge in [0.2, 0.25) is 10.0 Å². The third kappa shape index (κ3) is 3.20. The van der Waals surface area contributed by atoms with E-state index in [1.807, 2.05) is 0 Å². The molecule has 1 aromatic rings. The molecule has 0 radical (unpaired) electrons. The summed E-state index contributed by atoms with van der Waals surface area (Å²) in [6, 6.07) is 2.41. The largest absolute Gasteiger partial charge is 0.478 e. The molecule has 2 rings (SSSR count). The first-order valence-electron chi connectivity index (χ1n) is 5.54. The van der Waals surface area contributed by atoms with Gasteiger partial charge in [-0.1, -0.05) is 23.2 Å². The van der Waals surface area contributed by atoms with Gasteiger partial charge in [-0.3, -0.25) is 0 Å². The van der Waals surface area contributed by atoms with Crippen LogP contribution in [0.5, 0.6) is 0 Å². The quantitative estimate of drug-likeness (QED) is 0.871. The van der Waals surface area contributed by atoms with Gasteiger partial charge in [-0.15, -0.1) is 0 Å². The van der Waals surface area contributed by atoms with Gasteiger partial charge >= 0.3 is 5.97 Å². The molecule has 1 aliphatic carbocycles. The first-order valence-corrected chi connectivity index (χ1v) is 7.78. The van der Waals surface area contributed by atoms with Crippen LogP contribution in [0.15, 0.2) is 17.0 Å². The Morgan fingerprint density at radius 1 is 1.37 bits per heavy atom. The number of rotatable bonds is 5. The molecule has 0 unspecified atom stereocenters. The van der Waals surface area contributed by atoms with Crippen LogP contribution in [-0.4, -0.2) is 26.0 Å². The highest BCUT2D eigenvalue weighted by Crippen LogP contribution is 2.32. The summed E-state index contributed by atoms with van der Waals surface area (Å²) in [6.07, 6.45) is 1.99. The van der Waals surface area contributed by atoms with Crippen molar-refractivity contribution in [1.82, 2.24) is 4.72 Å². The van der Waals surface area contributed by atoms with Crippen molar-refractivity contribution in [3.63, 3.8) is 0 Å². The second kappa shape index (κ2) is 5.28. The summed E-state index contributed by atoms with van der Waals surface area (Å²) in [5.41, 5.74) is -0.405. The maximum atomic E-state index is 12.0. The Hall–Kier alpha value is -0.820. The van der Waals surface area contributed by atoms with Crippen LogP contribution >= 0.6 is 23.2 Å². The molecule has 5 nitrogen and oxygen atoms in total. The van der Waals surface area contributed by atoms with Gasteiger partial charge in [0, 0.05) is 6.54 Å². The minimum Gasteiger partial charge on any atom is -0.478 e. The van der Waals surface area contributed by atoms with Gasteiger partial charge in [0.25, 0.3) is 0 Å². The number of carboxylic acid groups (broad SMARTS) is 1. The third-order valence-electron chi connectivity index (χ3n) is 2.82. The van der Waals surface area contributed by atoms with Crippen LogP contribution in [0.4, 0.5) is 0 Å². The Bertz CT molecular complexity index is 626. The maximum absolute atomic E-state index is 12.0. The summed E-state index contributed by atoms with van der Waals surface area (Å²) in [7, 11) is -3.82. The minimum absolute atomic E-state index is 0.0985. The highest BCUT2D eigenvalue weighted by molar-refractivity contribution is 7.89. The van der Waals surface area contributed by atoms with Crippen molar-refractivity contribution < 1.29 is 18.3 Å². The van der Waals surface area contributed by atoms with Crippen molar-refractivity contribution in [1.29, 1.82) is 0 Å². The molecule has 0 saturated heterocycles. The Kier molecular flexibility index (Phi) is 4.06. The highest BCUT2D eigenvalue weighted by Gasteiger charge is 2.27. The summed E-state index contributed by atoms with van der Waals surface area (Å²) in [5.74, 6) is -1.01. The fraction of sp³-hybridized carbons (Fsp3) is 0.364. The predicted molar refractivity (Wildman–Crippen MR) is 71.3 cm³/mol. The van der Waals surface area contributed by atoms with Crippen molar-refractivity contribution in [3.8, 4) is 0 Å². The van der Waals surface area contributed by atoms with Crippen LogP contribution in [-0.2, 0) is 10.0 Å². The van der Waals surface area contributed by atoms with E-state index in [0.717, 1.165) is 12.8 Å². The molecule has 8 heteroatoms. The molecule has 0 aliphatic heterocycles. The number of aromatic carboxylic acids is 1. The predicted octanol–water partition coefficient (Wildman–Crippen LogP) is 2.38. The molecule has 1 saturated carbocycles. The van der Waals surface area contributed by atoms with Gasteiger partial charge in [-0.25, -0.2) is 17.9 Å². The van der Waals surface area contributed by atoms with E-state index in [-0.39, 0.29) is 14.9 Å². The molecule has 1 aromatic carbocycles. The molecule has 2 N–H and O–H groups in total. The summed E-state index contributed by atoms with van der Waals surface area (Å²) < 4.78 is 26.5. The monoisotopic (exact) mass is 323 g/mol. The smallest absolute Gasteiger partial charge is 0.338 e. The molecule has 1 fully saturated rings. The van der Waals surface area contributed by atoms with Gasteiger partial charge in [-0.05, 0) is 30.9 Å².